The number of nitrogens with zero attached hydrogens (tertiary/aromatic N) is 2. The van der Waals surface area contributed by atoms with Gasteiger partial charge in [0, 0.05) is 11.4 Å². The molecule has 0 radical (unpaired) electrons. The second-order valence-electron chi connectivity index (χ2n) is 5.59. The summed E-state index contributed by atoms with van der Waals surface area (Å²) in [6, 6.07) is 0. The molecule has 1 aromatic heterocycles. The van der Waals surface area contributed by atoms with E-state index in [2.05, 4.69) is 22.1 Å². The number of thiazole rings is 1. The number of likely N-dealkylation sites (tertiary alicyclic amines) is 1. The zero-order chi connectivity index (χ0) is 14.7. The van der Waals surface area contributed by atoms with Gasteiger partial charge < -0.3 is 5.32 Å². The summed E-state index contributed by atoms with van der Waals surface area (Å²) in [6.45, 7) is 9.21. The largest absolute Gasteiger partial charge is 0.301 e. The van der Waals surface area contributed by atoms with Gasteiger partial charge in [0.15, 0.2) is 5.13 Å². The van der Waals surface area contributed by atoms with Crippen molar-refractivity contribution in [2.45, 2.75) is 45.5 Å². The van der Waals surface area contributed by atoms with Gasteiger partial charge in [-0.1, -0.05) is 6.92 Å². The molecule has 2 rings (SSSR count). The van der Waals surface area contributed by atoms with Gasteiger partial charge in [0.25, 0.3) is 0 Å². The number of halogens is 1. The summed E-state index contributed by atoms with van der Waals surface area (Å²) < 4.78 is 0. The van der Waals surface area contributed by atoms with E-state index in [1.807, 2.05) is 6.92 Å². The fraction of sp³-hybridized carbons (Fsp3) is 0.714. The fourth-order valence-corrected chi connectivity index (χ4v) is 3.32. The number of carbonyl (C=O) groups excluding carboxylic acids is 1. The molecule has 112 valence electrons. The van der Waals surface area contributed by atoms with Crippen LogP contribution >= 0.6 is 22.9 Å². The SMILES string of the molecule is Cc1nc(NC(=O)C(C)Cl)sc1CN1CCC(C)CC1. The number of nitrogens with one attached hydrogen (secondary N) is 1. The van der Waals surface area contributed by atoms with Crippen LogP contribution in [0.4, 0.5) is 5.13 Å². The Morgan fingerprint density at radius 1 is 1.55 bits per heavy atom. The van der Waals surface area contributed by atoms with Crippen LogP contribution in [0.5, 0.6) is 0 Å². The van der Waals surface area contributed by atoms with Crippen LogP contribution in [0.25, 0.3) is 0 Å². The molecule has 0 aromatic carbocycles. The molecule has 1 aliphatic heterocycles. The number of alkyl halides is 1. The standard InChI is InChI=1S/C14H22ClN3OS/c1-9-4-6-18(7-5-9)8-12-11(3)16-14(20-12)17-13(19)10(2)15/h9-10H,4-8H2,1-3H3,(H,16,17,19). The average Bonchev–Trinajstić information content (AvgIpc) is 2.72. The van der Waals surface area contributed by atoms with Crippen LogP contribution < -0.4 is 5.32 Å². The Morgan fingerprint density at radius 3 is 2.80 bits per heavy atom. The van der Waals surface area contributed by atoms with Gasteiger partial charge in [-0.25, -0.2) is 4.98 Å². The van der Waals surface area contributed by atoms with E-state index in [1.54, 1.807) is 18.3 Å². The van der Waals surface area contributed by atoms with Gasteiger partial charge in [0.05, 0.1) is 5.69 Å². The lowest BCUT2D eigenvalue weighted by atomic mass is 9.99. The highest BCUT2D eigenvalue weighted by Gasteiger charge is 2.19. The first-order valence-electron chi connectivity index (χ1n) is 7.09. The van der Waals surface area contributed by atoms with Crippen molar-refractivity contribution < 1.29 is 4.79 Å². The Bertz CT molecular complexity index is 467. The molecule has 1 aromatic rings. The van der Waals surface area contributed by atoms with E-state index in [-0.39, 0.29) is 5.91 Å². The second-order valence-corrected chi connectivity index (χ2v) is 7.33. The van der Waals surface area contributed by atoms with Crippen molar-refractivity contribution in [1.82, 2.24) is 9.88 Å². The van der Waals surface area contributed by atoms with Crippen LogP contribution in [0.1, 0.15) is 37.3 Å². The fourth-order valence-electron chi connectivity index (χ4n) is 2.26. The zero-order valence-corrected chi connectivity index (χ0v) is 13.9. The normalized spacial score (nSPS) is 19.0. The van der Waals surface area contributed by atoms with E-state index in [9.17, 15) is 4.79 Å². The van der Waals surface area contributed by atoms with Crippen molar-refractivity contribution in [2.24, 2.45) is 5.92 Å². The van der Waals surface area contributed by atoms with Gasteiger partial charge in [-0.05, 0) is 45.7 Å². The number of hydrogen-bond acceptors (Lipinski definition) is 4. The first-order chi connectivity index (χ1) is 9.45. The number of aromatic nitrogens is 1. The van der Waals surface area contributed by atoms with Gasteiger partial charge in [-0.3, -0.25) is 9.69 Å². The number of aryl methyl sites for hydroxylation is 1. The molecule has 0 saturated carbocycles. The van der Waals surface area contributed by atoms with Crippen molar-refractivity contribution in [2.75, 3.05) is 18.4 Å². The molecular formula is C14H22ClN3OS. The Kier molecular flexibility index (Phi) is 5.41. The first-order valence-corrected chi connectivity index (χ1v) is 8.34. The van der Waals surface area contributed by atoms with Gasteiger partial charge in [-0.2, -0.15) is 0 Å². The molecule has 0 bridgehead atoms. The second kappa shape index (κ2) is 6.87. The number of piperidine rings is 1. The summed E-state index contributed by atoms with van der Waals surface area (Å²) >= 11 is 7.31. The van der Waals surface area contributed by atoms with Crippen molar-refractivity contribution >= 4 is 34.0 Å². The molecule has 2 heterocycles. The molecular weight excluding hydrogens is 294 g/mol. The molecule has 20 heavy (non-hydrogen) atoms. The van der Waals surface area contributed by atoms with Crippen molar-refractivity contribution in [3.8, 4) is 0 Å². The monoisotopic (exact) mass is 315 g/mol. The molecule has 4 nitrogen and oxygen atoms in total. The Balaban J connectivity index is 1.95. The lowest BCUT2D eigenvalue weighted by molar-refractivity contribution is -0.115. The van der Waals surface area contributed by atoms with E-state index in [0.29, 0.717) is 5.13 Å². The molecule has 0 spiro atoms. The molecule has 1 N–H and O–H groups in total. The lowest BCUT2D eigenvalue weighted by Gasteiger charge is -2.29. The van der Waals surface area contributed by atoms with Crippen LogP contribution in [0.15, 0.2) is 0 Å². The van der Waals surface area contributed by atoms with Crippen LogP contribution in [0.3, 0.4) is 0 Å². The molecule has 1 saturated heterocycles. The van der Waals surface area contributed by atoms with E-state index in [1.165, 1.54) is 17.7 Å². The molecule has 1 amide bonds. The highest BCUT2D eigenvalue weighted by molar-refractivity contribution is 7.15. The maximum Gasteiger partial charge on any atom is 0.243 e. The molecule has 1 atom stereocenters. The third-order valence-corrected chi connectivity index (χ3v) is 4.98. The summed E-state index contributed by atoms with van der Waals surface area (Å²) in [6.07, 6.45) is 2.54. The highest BCUT2D eigenvalue weighted by atomic mass is 35.5. The van der Waals surface area contributed by atoms with Crippen LogP contribution in [0.2, 0.25) is 0 Å². The number of amides is 1. The summed E-state index contributed by atoms with van der Waals surface area (Å²) in [7, 11) is 0. The van der Waals surface area contributed by atoms with E-state index in [4.69, 9.17) is 11.6 Å². The first kappa shape index (κ1) is 15.7. The van der Waals surface area contributed by atoms with Gasteiger partial charge in [-0.15, -0.1) is 22.9 Å². The Hall–Kier alpha value is -0.650. The van der Waals surface area contributed by atoms with Gasteiger partial charge in [0.2, 0.25) is 5.91 Å². The van der Waals surface area contributed by atoms with Gasteiger partial charge in [0.1, 0.15) is 5.38 Å². The van der Waals surface area contributed by atoms with Gasteiger partial charge >= 0.3 is 0 Å². The average molecular weight is 316 g/mol. The number of rotatable bonds is 4. The summed E-state index contributed by atoms with van der Waals surface area (Å²) in [5.41, 5.74) is 1.01. The Labute approximate surface area is 129 Å². The topological polar surface area (TPSA) is 45.2 Å². The number of hydrogen-bond donors (Lipinski definition) is 1. The molecule has 1 unspecified atom stereocenters. The Morgan fingerprint density at radius 2 is 2.20 bits per heavy atom. The van der Waals surface area contributed by atoms with Crippen LogP contribution in [-0.2, 0) is 11.3 Å². The third-order valence-electron chi connectivity index (χ3n) is 3.73. The summed E-state index contributed by atoms with van der Waals surface area (Å²) in [4.78, 5) is 19.7. The maximum atomic E-state index is 11.6. The van der Waals surface area contributed by atoms with Crippen LogP contribution in [-0.4, -0.2) is 34.3 Å². The smallest absolute Gasteiger partial charge is 0.243 e. The maximum absolute atomic E-state index is 11.6. The van der Waals surface area contributed by atoms with E-state index < -0.39 is 5.38 Å². The minimum atomic E-state index is -0.536. The van der Waals surface area contributed by atoms with Crippen molar-refractivity contribution in [3.05, 3.63) is 10.6 Å². The zero-order valence-electron chi connectivity index (χ0n) is 12.3. The minimum absolute atomic E-state index is 0.196. The lowest BCUT2D eigenvalue weighted by Crippen LogP contribution is -2.32. The number of carbonyl (C=O) groups is 1. The van der Waals surface area contributed by atoms with Crippen molar-refractivity contribution in [1.29, 1.82) is 0 Å². The molecule has 1 aliphatic rings. The number of anilines is 1. The highest BCUT2D eigenvalue weighted by Crippen LogP contribution is 2.26. The molecule has 1 fully saturated rings. The predicted molar refractivity (Wildman–Crippen MR) is 84.5 cm³/mol. The predicted octanol–water partition coefficient (Wildman–Crippen LogP) is 3.25. The summed E-state index contributed by atoms with van der Waals surface area (Å²) in [5.74, 6) is 0.646. The van der Waals surface area contributed by atoms with E-state index in [0.717, 1.165) is 31.2 Å². The molecule has 6 heteroatoms. The quantitative estimate of drug-likeness (QED) is 0.868. The van der Waals surface area contributed by atoms with Crippen molar-refractivity contribution in [3.63, 3.8) is 0 Å². The van der Waals surface area contributed by atoms with E-state index >= 15 is 0 Å². The minimum Gasteiger partial charge on any atom is -0.301 e. The molecule has 0 aliphatic carbocycles. The van der Waals surface area contributed by atoms with Crippen LogP contribution in [0, 0.1) is 12.8 Å². The third kappa shape index (κ3) is 4.17. The summed E-state index contributed by atoms with van der Waals surface area (Å²) in [5, 5.41) is 2.88.